The van der Waals surface area contributed by atoms with E-state index in [0.29, 0.717) is 16.5 Å². The average molecular weight is 398 g/mol. The molecule has 8 heteroatoms. The van der Waals surface area contributed by atoms with Crippen LogP contribution in [0.15, 0.2) is 48.5 Å². The molecule has 0 radical (unpaired) electrons. The number of thiazole rings is 1. The van der Waals surface area contributed by atoms with Gasteiger partial charge in [0.1, 0.15) is 5.82 Å². The largest absolute Gasteiger partial charge is 0.329 e. The number of aromatic nitrogens is 1. The maximum atomic E-state index is 13.1. The Morgan fingerprint density at radius 3 is 2.54 bits per heavy atom. The molecule has 0 atom stereocenters. The van der Waals surface area contributed by atoms with E-state index < -0.39 is 11.9 Å². The zero-order valence-corrected chi connectivity index (χ0v) is 16.2. The highest BCUT2D eigenvalue weighted by Crippen LogP contribution is 2.30. The normalized spacial score (nSPS) is 10.4. The minimum atomic E-state index is -0.469. The molecular formula is C20H19FN4O2S. The maximum Gasteiger partial charge on any atom is 0.319 e. The number of hydrogen-bond donors (Lipinski definition) is 3. The Kier molecular flexibility index (Phi) is 6.00. The zero-order valence-electron chi connectivity index (χ0n) is 15.4. The van der Waals surface area contributed by atoms with Gasteiger partial charge in [0.25, 0.3) is 0 Å². The molecule has 0 saturated heterocycles. The van der Waals surface area contributed by atoms with E-state index in [1.807, 2.05) is 32.0 Å². The number of urea groups is 1. The van der Waals surface area contributed by atoms with Gasteiger partial charge < -0.3 is 16.0 Å². The summed E-state index contributed by atoms with van der Waals surface area (Å²) in [6, 6.07) is 12.9. The molecule has 1 heterocycles. The van der Waals surface area contributed by atoms with Gasteiger partial charge in [0.15, 0.2) is 5.13 Å². The molecule has 1 aromatic heterocycles. The van der Waals surface area contributed by atoms with Gasteiger partial charge in [-0.25, -0.2) is 14.2 Å². The molecule has 0 bridgehead atoms. The number of rotatable bonds is 5. The van der Waals surface area contributed by atoms with Crippen LogP contribution in [0, 0.1) is 19.7 Å². The van der Waals surface area contributed by atoms with E-state index in [4.69, 9.17) is 0 Å². The Hall–Kier alpha value is -3.26. The molecule has 6 nitrogen and oxygen atoms in total. The van der Waals surface area contributed by atoms with Gasteiger partial charge in [-0.3, -0.25) is 4.79 Å². The van der Waals surface area contributed by atoms with Crippen LogP contribution < -0.4 is 16.0 Å². The third kappa shape index (κ3) is 5.14. The predicted octanol–water partition coefficient (Wildman–Crippen LogP) is 4.33. The van der Waals surface area contributed by atoms with E-state index in [-0.39, 0.29) is 12.4 Å². The second kappa shape index (κ2) is 8.62. The van der Waals surface area contributed by atoms with Gasteiger partial charge in [-0.05, 0) is 55.8 Å². The number of nitrogens with zero attached hydrogens (tertiary/aromatic N) is 1. The van der Waals surface area contributed by atoms with Crippen molar-refractivity contribution < 1.29 is 14.0 Å². The molecular weight excluding hydrogens is 379 g/mol. The molecule has 28 heavy (non-hydrogen) atoms. The molecule has 3 N–H and O–H groups in total. The summed E-state index contributed by atoms with van der Waals surface area (Å²) in [6.45, 7) is 3.61. The first-order valence-electron chi connectivity index (χ1n) is 8.55. The van der Waals surface area contributed by atoms with Gasteiger partial charge in [-0.1, -0.05) is 12.1 Å². The van der Waals surface area contributed by atoms with Crippen LogP contribution in [-0.2, 0) is 4.79 Å². The molecule has 0 fully saturated rings. The Morgan fingerprint density at radius 2 is 1.82 bits per heavy atom. The van der Waals surface area contributed by atoms with E-state index in [0.717, 1.165) is 16.0 Å². The smallest absolute Gasteiger partial charge is 0.319 e. The molecule has 2 aromatic carbocycles. The highest BCUT2D eigenvalue weighted by Gasteiger charge is 2.13. The first kappa shape index (κ1) is 19.5. The number of carbonyl (C=O) groups is 2. The molecule has 3 rings (SSSR count). The van der Waals surface area contributed by atoms with Crippen molar-refractivity contribution in [3.8, 4) is 11.3 Å². The van der Waals surface area contributed by atoms with E-state index in [2.05, 4.69) is 20.9 Å². The second-order valence-corrected chi connectivity index (χ2v) is 7.36. The van der Waals surface area contributed by atoms with Crippen molar-refractivity contribution in [3.63, 3.8) is 0 Å². The predicted molar refractivity (Wildman–Crippen MR) is 109 cm³/mol. The summed E-state index contributed by atoms with van der Waals surface area (Å²) in [4.78, 5) is 29.3. The van der Waals surface area contributed by atoms with Crippen LogP contribution in [-0.4, -0.2) is 23.5 Å². The molecule has 3 aromatic rings. The van der Waals surface area contributed by atoms with Crippen LogP contribution in [0.3, 0.4) is 0 Å². The molecule has 0 saturated carbocycles. The molecule has 144 valence electrons. The van der Waals surface area contributed by atoms with E-state index in [9.17, 15) is 14.0 Å². The first-order valence-corrected chi connectivity index (χ1v) is 9.37. The fraction of sp³-hybridized carbons (Fsp3) is 0.150. The zero-order chi connectivity index (χ0) is 20.1. The highest BCUT2D eigenvalue weighted by molar-refractivity contribution is 7.16. The van der Waals surface area contributed by atoms with E-state index >= 15 is 0 Å². The molecule has 0 unspecified atom stereocenters. The molecule has 3 amide bonds. The summed E-state index contributed by atoms with van der Waals surface area (Å²) in [5, 5.41) is 8.25. The number of aryl methyl sites for hydroxylation is 2. The third-order valence-corrected chi connectivity index (χ3v) is 4.73. The van der Waals surface area contributed by atoms with Crippen LogP contribution in [0.5, 0.6) is 0 Å². The summed E-state index contributed by atoms with van der Waals surface area (Å²) in [5.74, 6) is -0.709. The number of carbonyl (C=O) groups excluding carboxylic acids is 2. The Morgan fingerprint density at radius 1 is 1.07 bits per heavy atom. The number of amides is 3. The number of benzene rings is 2. The van der Waals surface area contributed by atoms with Crippen molar-refractivity contribution in [1.82, 2.24) is 10.3 Å². The Labute approximate surface area is 165 Å². The van der Waals surface area contributed by atoms with Gasteiger partial charge >= 0.3 is 6.03 Å². The lowest BCUT2D eigenvalue weighted by Crippen LogP contribution is -2.35. The lowest BCUT2D eigenvalue weighted by Gasteiger charge is -2.08. The van der Waals surface area contributed by atoms with Crippen molar-refractivity contribution in [2.24, 2.45) is 0 Å². The van der Waals surface area contributed by atoms with Crippen molar-refractivity contribution in [1.29, 1.82) is 0 Å². The van der Waals surface area contributed by atoms with Crippen LogP contribution in [0.1, 0.15) is 10.4 Å². The number of nitrogens with one attached hydrogen (secondary N) is 3. The Balaban J connectivity index is 1.54. The van der Waals surface area contributed by atoms with Crippen LogP contribution in [0.4, 0.5) is 20.0 Å². The fourth-order valence-electron chi connectivity index (χ4n) is 2.55. The molecule has 0 aliphatic carbocycles. The molecule has 0 aliphatic heterocycles. The molecule has 0 aliphatic rings. The quantitative estimate of drug-likeness (QED) is 0.598. The summed E-state index contributed by atoms with van der Waals surface area (Å²) >= 11 is 1.32. The lowest BCUT2D eigenvalue weighted by molar-refractivity contribution is -0.115. The number of halogens is 1. The third-order valence-electron chi connectivity index (χ3n) is 3.85. The fourth-order valence-corrected chi connectivity index (χ4v) is 3.40. The minimum Gasteiger partial charge on any atom is -0.329 e. The Bertz CT molecular complexity index is 1000. The standard InChI is InChI=1S/C20H19FN4O2S/c1-12-4-3-5-16(10-12)23-19(27)22-11-17(26)24-20-25-18(13(2)28-20)14-6-8-15(21)9-7-14/h3-10H,11H2,1-2H3,(H2,22,23,27)(H,24,25,26). The van der Waals surface area contributed by atoms with E-state index in [1.165, 1.54) is 23.5 Å². The summed E-state index contributed by atoms with van der Waals surface area (Å²) in [5.41, 5.74) is 3.13. The van der Waals surface area contributed by atoms with Crippen molar-refractivity contribution in [2.75, 3.05) is 17.2 Å². The monoisotopic (exact) mass is 398 g/mol. The maximum absolute atomic E-state index is 13.1. The van der Waals surface area contributed by atoms with Gasteiger partial charge in [-0.2, -0.15) is 0 Å². The number of hydrogen-bond acceptors (Lipinski definition) is 4. The van der Waals surface area contributed by atoms with Crippen molar-refractivity contribution >= 4 is 34.1 Å². The minimum absolute atomic E-state index is 0.192. The second-order valence-electron chi connectivity index (χ2n) is 6.16. The van der Waals surface area contributed by atoms with Crippen molar-refractivity contribution in [3.05, 3.63) is 64.8 Å². The molecule has 0 spiro atoms. The van der Waals surface area contributed by atoms with Crippen molar-refractivity contribution in [2.45, 2.75) is 13.8 Å². The lowest BCUT2D eigenvalue weighted by atomic mass is 10.1. The van der Waals surface area contributed by atoms with Gasteiger partial charge in [-0.15, -0.1) is 11.3 Å². The SMILES string of the molecule is Cc1cccc(NC(=O)NCC(=O)Nc2nc(-c3ccc(F)cc3)c(C)s2)c1. The van der Waals surface area contributed by atoms with Gasteiger partial charge in [0.05, 0.1) is 12.2 Å². The highest BCUT2D eigenvalue weighted by atomic mass is 32.1. The topological polar surface area (TPSA) is 83.1 Å². The van der Waals surface area contributed by atoms with E-state index in [1.54, 1.807) is 18.2 Å². The summed E-state index contributed by atoms with van der Waals surface area (Å²) < 4.78 is 13.1. The first-order chi connectivity index (χ1) is 13.4. The van der Waals surface area contributed by atoms with Crippen LogP contribution in [0.2, 0.25) is 0 Å². The summed E-state index contributed by atoms with van der Waals surface area (Å²) in [6.07, 6.45) is 0. The van der Waals surface area contributed by atoms with Gasteiger partial charge in [0.2, 0.25) is 5.91 Å². The average Bonchev–Trinajstić information content (AvgIpc) is 3.01. The number of anilines is 2. The van der Waals surface area contributed by atoms with Crippen LogP contribution >= 0.6 is 11.3 Å². The summed E-state index contributed by atoms with van der Waals surface area (Å²) in [7, 11) is 0. The van der Waals surface area contributed by atoms with Crippen LogP contribution in [0.25, 0.3) is 11.3 Å². The van der Waals surface area contributed by atoms with Gasteiger partial charge in [0, 0.05) is 16.1 Å².